The fraction of sp³-hybridized carbons (Fsp3) is 0.385. The molecule has 8 heteroatoms. The van der Waals surface area contributed by atoms with Gasteiger partial charge in [-0.25, -0.2) is 0 Å². The van der Waals surface area contributed by atoms with Crippen LogP contribution >= 0.6 is 15.9 Å². The van der Waals surface area contributed by atoms with Gasteiger partial charge >= 0.3 is 0 Å². The van der Waals surface area contributed by atoms with Gasteiger partial charge in [0.25, 0.3) is 0 Å². The summed E-state index contributed by atoms with van der Waals surface area (Å²) in [5, 5.41) is 0. The lowest BCUT2D eigenvalue weighted by Gasteiger charge is -2.19. The molecule has 1 aromatic carbocycles. The molecular weight excluding hydrogens is 364 g/mol. The zero-order valence-electron chi connectivity index (χ0n) is 12.4. The van der Waals surface area contributed by atoms with Crippen molar-refractivity contribution in [1.82, 2.24) is 9.80 Å². The van der Waals surface area contributed by atoms with E-state index < -0.39 is 10.2 Å². The van der Waals surface area contributed by atoms with Crippen LogP contribution in [0, 0.1) is 10.2 Å². The third-order valence-corrected chi connectivity index (χ3v) is 2.80. The Morgan fingerprint density at radius 1 is 1.14 bits per heavy atom. The van der Waals surface area contributed by atoms with Crippen molar-refractivity contribution in [3.05, 3.63) is 40.4 Å². The van der Waals surface area contributed by atoms with Gasteiger partial charge in [-0.2, -0.15) is 14.0 Å². The Kier molecular flexibility index (Phi) is 9.07. The molecule has 0 aliphatic carbocycles. The summed E-state index contributed by atoms with van der Waals surface area (Å²) in [5.41, 5.74) is 2.50. The number of hydrogen-bond donors (Lipinski definition) is 1. The molecule has 0 bridgehead atoms. The predicted molar refractivity (Wildman–Crippen MR) is 76.6 cm³/mol. The van der Waals surface area contributed by atoms with E-state index in [1.165, 1.54) is 11.3 Å². The minimum absolute atomic E-state index is 0.948. The van der Waals surface area contributed by atoms with Crippen LogP contribution in [0.4, 0.5) is 0 Å². The van der Waals surface area contributed by atoms with E-state index >= 15 is 0 Å². The Bertz CT molecular complexity index is 438. The normalized spacial score (nSPS) is 12.0. The van der Waals surface area contributed by atoms with Crippen LogP contribution in [0.25, 0.3) is 5.70 Å². The summed E-state index contributed by atoms with van der Waals surface area (Å²) in [7, 11) is 3.60. The van der Waals surface area contributed by atoms with Crippen molar-refractivity contribution in [2.24, 2.45) is 0 Å². The highest BCUT2D eigenvalue weighted by atomic mass is 79.9. The second kappa shape index (κ2) is 9.37. The molecule has 6 nitrogen and oxygen atoms in total. The summed E-state index contributed by atoms with van der Waals surface area (Å²) < 4.78 is 33.8. The molecule has 0 atom stereocenters. The molecule has 0 fully saturated rings. The average molecular weight is 384 g/mol. The summed E-state index contributed by atoms with van der Waals surface area (Å²) in [6, 6.07) is 8.40. The van der Waals surface area contributed by atoms with Crippen molar-refractivity contribution in [3.8, 4) is 0 Å². The maximum Gasteiger partial charge on any atom is 0.0777 e. The van der Waals surface area contributed by atoms with Crippen molar-refractivity contribution in [3.63, 3.8) is 0 Å². The number of benzene rings is 1. The van der Waals surface area contributed by atoms with Gasteiger partial charge in [-0.1, -0.05) is 28.1 Å². The van der Waals surface area contributed by atoms with Crippen LogP contribution in [0.2, 0.25) is 0 Å². The highest BCUT2D eigenvalue weighted by Crippen LogP contribution is 2.19. The molecule has 1 rings (SSSR count). The second-order valence-electron chi connectivity index (χ2n) is 4.65. The quantitative estimate of drug-likeness (QED) is 0.701. The Balaban J connectivity index is 0.000000690. The Morgan fingerprint density at radius 2 is 1.57 bits per heavy atom. The monoisotopic (exact) mass is 382 g/mol. The van der Waals surface area contributed by atoms with Crippen LogP contribution in [-0.2, 0) is 0 Å². The van der Waals surface area contributed by atoms with Crippen LogP contribution in [0.1, 0.15) is 5.56 Å². The van der Waals surface area contributed by atoms with E-state index in [2.05, 4.69) is 84.3 Å². The van der Waals surface area contributed by atoms with Crippen molar-refractivity contribution in [1.29, 1.82) is 0 Å². The van der Waals surface area contributed by atoms with E-state index in [0.29, 0.717) is 0 Å². The first-order valence-corrected chi connectivity index (χ1v) is 7.97. The Hall–Kier alpha value is -0.670. The molecule has 0 spiro atoms. The number of hydrogen-bond acceptors (Lipinski definition) is 6. The summed E-state index contributed by atoms with van der Waals surface area (Å²) in [6.07, 6.45) is 2.24. The van der Waals surface area contributed by atoms with Crippen LogP contribution < -0.4 is 14.0 Å². The third kappa shape index (κ3) is 11.6. The number of nitrogens with zero attached hydrogens (tertiary/aromatic N) is 2. The number of rotatable bonds is 4. The second-order valence-corrected chi connectivity index (χ2v) is 6.36. The van der Waals surface area contributed by atoms with Gasteiger partial charge in [0.15, 0.2) is 0 Å². The molecule has 120 valence electrons. The molecule has 0 aliphatic heterocycles. The smallest absolute Gasteiger partial charge is 0.0777 e. The van der Waals surface area contributed by atoms with Crippen molar-refractivity contribution >= 4 is 21.6 Å². The van der Waals surface area contributed by atoms with Gasteiger partial charge in [0.2, 0.25) is 0 Å². The lowest BCUT2D eigenvalue weighted by atomic mass is 10.1. The highest BCUT2D eigenvalue weighted by molar-refractivity contribution is 9.10. The van der Waals surface area contributed by atoms with Gasteiger partial charge in [0, 0.05) is 30.8 Å². The summed E-state index contributed by atoms with van der Waals surface area (Å²) in [5.74, 6) is 0. The average Bonchev–Trinajstić information content (AvgIpc) is 2.28. The van der Waals surface area contributed by atoms with E-state index in [-0.39, 0.29) is 0 Å². The van der Waals surface area contributed by atoms with Gasteiger partial charge in [-0.3, -0.25) is 0 Å². The molecule has 0 radical (unpaired) electrons. The third-order valence-electron chi connectivity index (χ3n) is 2.27. The van der Waals surface area contributed by atoms with E-state index in [4.69, 9.17) is 18.6 Å². The van der Waals surface area contributed by atoms with E-state index in [1.807, 2.05) is 0 Å². The number of halogens is 2. The topological polar surface area (TPSA) is 95.9 Å². The molecule has 0 aliphatic rings. The number of likely N-dealkylation sites (N-methyl/N-ethyl adjacent to an activating group) is 1. The van der Waals surface area contributed by atoms with Gasteiger partial charge in [0.1, 0.15) is 0 Å². The van der Waals surface area contributed by atoms with Crippen LogP contribution in [0.5, 0.6) is 0 Å². The van der Waals surface area contributed by atoms with Gasteiger partial charge < -0.3 is 9.80 Å². The largest absolute Gasteiger partial charge is 0.377 e. The fourth-order valence-corrected chi connectivity index (χ4v) is 1.71. The molecule has 1 aromatic rings. The summed E-state index contributed by atoms with van der Waals surface area (Å²) in [4.78, 5) is 4.30. The van der Waals surface area contributed by atoms with Crippen LogP contribution in [-0.4, -0.2) is 49.2 Å². The maximum atomic E-state index is 8.60. The van der Waals surface area contributed by atoms with Crippen molar-refractivity contribution in [2.75, 3.05) is 34.7 Å². The van der Waals surface area contributed by atoms with Crippen LogP contribution in [0.3, 0.4) is 0 Å². The lowest BCUT2D eigenvalue weighted by molar-refractivity contribution is -1.92. The lowest BCUT2D eigenvalue weighted by Crippen LogP contribution is -2.58. The molecule has 0 saturated heterocycles. The van der Waals surface area contributed by atoms with E-state index in [1.54, 1.807) is 0 Å². The molecule has 1 N–H and O–H groups in total. The predicted octanol–water partition coefficient (Wildman–Crippen LogP) is -1.21. The van der Waals surface area contributed by atoms with E-state index in [0.717, 1.165) is 11.0 Å². The molecule has 21 heavy (non-hydrogen) atoms. The molecule has 0 unspecified atom stereocenters. The molecule has 0 aromatic heterocycles. The molecule has 0 saturated carbocycles. The SMILES string of the molecule is CN(C)C/C=C(/c1ccc(Br)cc1)N(C)C.[O-][Cl+3]([O-])([O-])O. The zero-order valence-corrected chi connectivity index (χ0v) is 14.8. The first-order valence-electron chi connectivity index (χ1n) is 5.92. The summed E-state index contributed by atoms with van der Waals surface area (Å²) >= 11 is 3.45. The first-order chi connectivity index (χ1) is 9.50. The highest BCUT2D eigenvalue weighted by Gasteiger charge is 2.03. The Morgan fingerprint density at radius 3 is 1.90 bits per heavy atom. The molecular formula is C13H20BrClN2O4. The molecule has 0 amide bonds. The standard InChI is InChI=1S/C13H19BrN2.ClHO4/c1-15(2)10-9-13(16(3)4)11-5-7-12(14)8-6-11;2-1(3,4)5/h5-9H,10H2,1-4H3;(H,2,3,4,5)/b13-9-;. The fourth-order valence-electron chi connectivity index (χ4n) is 1.45. The molecule has 0 heterocycles. The van der Waals surface area contributed by atoms with Gasteiger partial charge in [-0.05, 0) is 37.9 Å². The minimum atomic E-state index is -4.69. The first kappa shape index (κ1) is 20.3. The maximum absolute atomic E-state index is 8.60. The zero-order chi connectivity index (χ0) is 16.6. The summed E-state index contributed by atoms with van der Waals surface area (Å²) in [6.45, 7) is 0.948. The van der Waals surface area contributed by atoms with Gasteiger partial charge in [-0.15, -0.1) is 0 Å². The van der Waals surface area contributed by atoms with E-state index in [9.17, 15) is 0 Å². The van der Waals surface area contributed by atoms with Crippen molar-refractivity contribution in [2.45, 2.75) is 0 Å². The van der Waals surface area contributed by atoms with Gasteiger partial charge in [0.05, 0.1) is 14.9 Å². The van der Waals surface area contributed by atoms with Crippen LogP contribution in [0.15, 0.2) is 34.8 Å². The minimum Gasteiger partial charge on any atom is -0.377 e. The Labute approximate surface area is 135 Å². The van der Waals surface area contributed by atoms with Crippen molar-refractivity contribution < 1.29 is 28.9 Å².